The van der Waals surface area contributed by atoms with Gasteiger partial charge in [0.2, 0.25) is 0 Å². The third-order valence-corrected chi connectivity index (χ3v) is 4.28. The van der Waals surface area contributed by atoms with Gasteiger partial charge in [-0.25, -0.2) is 0 Å². The van der Waals surface area contributed by atoms with Gasteiger partial charge in [-0.3, -0.25) is 0 Å². The molecule has 1 atom stereocenters. The molecule has 17 heavy (non-hydrogen) atoms. The minimum absolute atomic E-state index is 0.554. The molecule has 1 rings (SSSR count). The Hall–Kier alpha value is -0.0300. The second kappa shape index (κ2) is 8.97. The van der Waals surface area contributed by atoms with Crippen molar-refractivity contribution < 1.29 is 4.74 Å². The molecule has 2 nitrogen and oxygen atoms in total. The molecule has 0 saturated carbocycles. The maximum absolute atomic E-state index is 5.07. The van der Waals surface area contributed by atoms with Crippen LogP contribution in [0, 0.1) is 0 Å². The molecule has 0 saturated heterocycles. The summed E-state index contributed by atoms with van der Waals surface area (Å²) in [6, 6.07) is 9.02. The first-order valence-corrected chi connectivity index (χ1v) is 7.58. The second-order valence-electron chi connectivity index (χ2n) is 3.89. The molecule has 0 bridgehead atoms. The minimum Gasteiger partial charge on any atom is -0.385 e. The van der Waals surface area contributed by atoms with Gasteiger partial charge >= 0.3 is 0 Å². The van der Waals surface area contributed by atoms with E-state index in [-0.39, 0.29) is 0 Å². The van der Waals surface area contributed by atoms with Gasteiger partial charge in [0.15, 0.2) is 0 Å². The Balaban J connectivity index is 2.29. The molecule has 1 aromatic carbocycles. The molecule has 4 heteroatoms. The maximum atomic E-state index is 5.07. The zero-order chi connectivity index (χ0) is 12.5. The van der Waals surface area contributed by atoms with Crippen molar-refractivity contribution >= 4 is 27.7 Å². The summed E-state index contributed by atoms with van der Waals surface area (Å²) in [5, 5.41) is 3.36. The summed E-state index contributed by atoms with van der Waals surface area (Å²) in [4.78, 5) is 1.32. The Labute approximate surface area is 117 Å². The summed E-state index contributed by atoms with van der Waals surface area (Å²) < 4.78 is 6.20. The molecule has 96 valence electrons. The van der Waals surface area contributed by atoms with Gasteiger partial charge in [-0.2, -0.15) is 0 Å². The fraction of sp³-hybridized carbons (Fsp3) is 0.538. The van der Waals surface area contributed by atoms with Gasteiger partial charge in [0.05, 0.1) is 0 Å². The number of thioether (sulfide) groups is 1. The van der Waals surface area contributed by atoms with Gasteiger partial charge in [0.25, 0.3) is 0 Å². The lowest BCUT2D eigenvalue weighted by Gasteiger charge is -2.15. The third kappa shape index (κ3) is 6.46. The van der Waals surface area contributed by atoms with Crippen LogP contribution in [0.5, 0.6) is 0 Å². The summed E-state index contributed by atoms with van der Waals surface area (Å²) in [6.45, 7) is 0.848. The van der Waals surface area contributed by atoms with E-state index in [1.165, 1.54) is 4.90 Å². The van der Waals surface area contributed by atoms with Gasteiger partial charge in [0, 0.05) is 34.9 Å². The Kier molecular flexibility index (Phi) is 7.93. The molecule has 1 N–H and O–H groups in total. The van der Waals surface area contributed by atoms with E-state index in [0.29, 0.717) is 6.04 Å². The summed E-state index contributed by atoms with van der Waals surface area (Å²) in [5.41, 5.74) is 0. The molecule has 1 aromatic rings. The van der Waals surface area contributed by atoms with Gasteiger partial charge < -0.3 is 10.1 Å². The van der Waals surface area contributed by atoms with E-state index in [2.05, 4.69) is 45.5 Å². The highest BCUT2D eigenvalue weighted by atomic mass is 79.9. The number of nitrogens with one attached hydrogen (secondary N) is 1. The Bertz CT molecular complexity index is 305. The minimum atomic E-state index is 0.554. The highest BCUT2D eigenvalue weighted by molar-refractivity contribution is 9.10. The molecule has 0 heterocycles. The smallest absolute Gasteiger partial charge is 0.0462 e. The molecular weight excluding hydrogens is 298 g/mol. The molecular formula is C13H20BrNOS. The van der Waals surface area contributed by atoms with Gasteiger partial charge in [-0.1, -0.05) is 15.9 Å². The monoisotopic (exact) mass is 317 g/mol. The van der Waals surface area contributed by atoms with Gasteiger partial charge in [-0.05, 0) is 44.2 Å². The van der Waals surface area contributed by atoms with E-state index in [9.17, 15) is 0 Å². The zero-order valence-corrected chi connectivity index (χ0v) is 12.8. The number of hydrogen-bond acceptors (Lipinski definition) is 3. The van der Waals surface area contributed by atoms with E-state index in [1.807, 2.05) is 18.8 Å². The second-order valence-corrected chi connectivity index (χ2v) is 5.89. The average molecular weight is 318 g/mol. The van der Waals surface area contributed by atoms with Crippen molar-refractivity contribution in [3.8, 4) is 0 Å². The number of halogens is 1. The number of ether oxygens (including phenoxy) is 1. The summed E-state index contributed by atoms with van der Waals surface area (Å²) in [5.74, 6) is 1.10. The molecule has 0 spiro atoms. The molecule has 0 fully saturated rings. The van der Waals surface area contributed by atoms with Crippen LogP contribution in [0.4, 0.5) is 0 Å². The Morgan fingerprint density at radius 3 is 2.65 bits per heavy atom. The molecule has 0 aliphatic heterocycles. The lowest BCUT2D eigenvalue weighted by atomic mass is 10.2. The number of hydrogen-bond donors (Lipinski definition) is 1. The first-order chi connectivity index (χ1) is 8.26. The number of rotatable bonds is 8. The van der Waals surface area contributed by atoms with Crippen LogP contribution in [0.25, 0.3) is 0 Å². The molecule has 0 amide bonds. The summed E-state index contributed by atoms with van der Waals surface area (Å²) in [7, 11) is 3.78. The van der Waals surface area contributed by atoms with Crippen molar-refractivity contribution in [3.63, 3.8) is 0 Å². The van der Waals surface area contributed by atoms with E-state index in [0.717, 1.165) is 29.7 Å². The number of benzene rings is 1. The molecule has 0 aliphatic rings. The fourth-order valence-electron chi connectivity index (χ4n) is 1.51. The molecule has 0 radical (unpaired) electrons. The van der Waals surface area contributed by atoms with E-state index < -0.39 is 0 Å². The standard InChI is InChI=1S/C13H20BrNOS/c1-15-12(4-3-9-16-2)10-17-13-7-5-11(14)6-8-13/h5-8,12,15H,3-4,9-10H2,1-2H3. The Morgan fingerprint density at radius 1 is 1.35 bits per heavy atom. The quantitative estimate of drug-likeness (QED) is 0.585. The van der Waals surface area contributed by atoms with Crippen molar-refractivity contribution in [1.82, 2.24) is 5.32 Å². The summed E-state index contributed by atoms with van der Waals surface area (Å²) >= 11 is 5.34. The van der Waals surface area contributed by atoms with E-state index >= 15 is 0 Å². The van der Waals surface area contributed by atoms with Crippen molar-refractivity contribution in [2.45, 2.75) is 23.8 Å². The van der Waals surface area contributed by atoms with Crippen LogP contribution in [-0.4, -0.2) is 32.6 Å². The van der Waals surface area contributed by atoms with Crippen LogP contribution in [0.3, 0.4) is 0 Å². The van der Waals surface area contributed by atoms with Gasteiger partial charge in [0.1, 0.15) is 0 Å². The lowest BCUT2D eigenvalue weighted by molar-refractivity contribution is 0.190. The maximum Gasteiger partial charge on any atom is 0.0462 e. The summed E-state index contributed by atoms with van der Waals surface area (Å²) in [6.07, 6.45) is 2.27. The SMILES string of the molecule is CNC(CCCOC)CSc1ccc(Br)cc1. The molecule has 0 aromatic heterocycles. The topological polar surface area (TPSA) is 21.3 Å². The average Bonchev–Trinajstić information content (AvgIpc) is 2.35. The predicted molar refractivity (Wildman–Crippen MR) is 78.8 cm³/mol. The molecule has 0 aliphatic carbocycles. The van der Waals surface area contributed by atoms with Crippen molar-refractivity contribution in [2.24, 2.45) is 0 Å². The highest BCUT2D eigenvalue weighted by Gasteiger charge is 2.06. The van der Waals surface area contributed by atoms with Crippen LogP contribution < -0.4 is 5.32 Å². The van der Waals surface area contributed by atoms with Crippen LogP contribution in [0.2, 0.25) is 0 Å². The Morgan fingerprint density at radius 2 is 2.06 bits per heavy atom. The fourth-order valence-corrected chi connectivity index (χ4v) is 2.83. The lowest BCUT2D eigenvalue weighted by Crippen LogP contribution is -2.27. The number of methoxy groups -OCH3 is 1. The first-order valence-electron chi connectivity index (χ1n) is 5.81. The van der Waals surface area contributed by atoms with Crippen molar-refractivity contribution in [1.29, 1.82) is 0 Å². The normalized spacial score (nSPS) is 12.6. The van der Waals surface area contributed by atoms with E-state index in [4.69, 9.17) is 4.74 Å². The van der Waals surface area contributed by atoms with Crippen LogP contribution >= 0.6 is 27.7 Å². The van der Waals surface area contributed by atoms with Gasteiger partial charge in [-0.15, -0.1) is 11.8 Å². The third-order valence-electron chi connectivity index (χ3n) is 2.57. The molecule has 1 unspecified atom stereocenters. The van der Waals surface area contributed by atoms with Crippen LogP contribution in [0.15, 0.2) is 33.6 Å². The van der Waals surface area contributed by atoms with E-state index in [1.54, 1.807) is 7.11 Å². The van der Waals surface area contributed by atoms with Crippen molar-refractivity contribution in [2.75, 3.05) is 26.5 Å². The van der Waals surface area contributed by atoms with Crippen LogP contribution in [-0.2, 0) is 4.74 Å². The van der Waals surface area contributed by atoms with Crippen molar-refractivity contribution in [3.05, 3.63) is 28.7 Å². The zero-order valence-electron chi connectivity index (χ0n) is 10.4. The predicted octanol–water partition coefficient (Wildman–Crippen LogP) is 3.56. The largest absolute Gasteiger partial charge is 0.385 e. The highest BCUT2D eigenvalue weighted by Crippen LogP contribution is 2.22. The first kappa shape index (κ1) is 15.0. The van der Waals surface area contributed by atoms with Crippen LogP contribution in [0.1, 0.15) is 12.8 Å².